The van der Waals surface area contributed by atoms with Gasteiger partial charge in [-0.15, -0.1) is 0 Å². The van der Waals surface area contributed by atoms with E-state index >= 15 is 0 Å². The zero-order valence-corrected chi connectivity index (χ0v) is 10.4. The van der Waals surface area contributed by atoms with Crippen LogP contribution in [0.2, 0.25) is 0 Å². The van der Waals surface area contributed by atoms with E-state index in [9.17, 15) is 4.79 Å². The molecule has 0 unspecified atom stereocenters. The molecular weight excluding hydrogens is 212 g/mol. The quantitative estimate of drug-likeness (QED) is 0.868. The Hall–Kier alpha value is -1.61. The van der Waals surface area contributed by atoms with Gasteiger partial charge in [-0.2, -0.15) is 0 Å². The lowest BCUT2D eigenvalue weighted by Gasteiger charge is -2.10. The van der Waals surface area contributed by atoms with Gasteiger partial charge in [-0.25, -0.2) is 0 Å². The number of nitrogens with zero attached hydrogens (tertiary/aromatic N) is 1. The Balaban J connectivity index is 2.63. The number of aryl methyl sites for hydroxylation is 1. The van der Waals surface area contributed by atoms with Gasteiger partial charge in [0.15, 0.2) is 0 Å². The average Bonchev–Trinajstić information content (AvgIpc) is 2.36. The summed E-state index contributed by atoms with van der Waals surface area (Å²) in [7, 11) is 1.90. The number of fused-ring (bicyclic) bond motifs is 1. The smallest absolute Gasteiger partial charge is 0.254 e. The predicted molar refractivity (Wildman–Crippen MR) is 71.5 cm³/mol. The monoisotopic (exact) mass is 230 g/mol. The van der Waals surface area contributed by atoms with Crippen molar-refractivity contribution in [2.24, 2.45) is 0 Å². The fourth-order valence-corrected chi connectivity index (χ4v) is 2.14. The molecule has 0 spiro atoms. The second-order valence-corrected chi connectivity index (χ2v) is 4.13. The Kier molecular flexibility index (Phi) is 3.59. The van der Waals surface area contributed by atoms with Crippen LogP contribution in [0.4, 0.5) is 0 Å². The van der Waals surface area contributed by atoms with Crippen molar-refractivity contribution < 1.29 is 0 Å². The zero-order chi connectivity index (χ0) is 12.3. The minimum atomic E-state index is 0.140. The average molecular weight is 230 g/mol. The molecule has 0 aliphatic rings. The molecule has 1 aromatic carbocycles. The maximum atomic E-state index is 12.3. The zero-order valence-electron chi connectivity index (χ0n) is 10.4. The first-order valence-corrected chi connectivity index (χ1v) is 6.04. The highest BCUT2D eigenvalue weighted by Gasteiger charge is 2.06. The molecule has 0 aliphatic heterocycles. The summed E-state index contributed by atoms with van der Waals surface area (Å²) in [6.45, 7) is 3.56. The summed E-state index contributed by atoms with van der Waals surface area (Å²) in [5.74, 6) is 0. The standard InChI is InChI=1S/C14H18N2O/c1-3-16-13-7-5-4-6-11(13)10-12(14(16)17)8-9-15-2/h4-7,10,15H,3,8-9H2,1-2H3. The van der Waals surface area contributed by atoms with E-state index in [1.165, 1.54) is 0 Å². The van der Waals surface area contributed by atoms with Crippen LogP contribution < -0.4 is 10.9 Å². The maximum Gasteiger partial charge on any atom is 0.254 e. The van der Waals surface area contributed by atoms with Gasteiger partial charge in [-0.05, 0) is 44.5 Å². The number of benzene rings is 1. The third kappa shape index (κ3) is 2.24. The van der Waals surface area contributed by atoms with Gasteiger partial charge >= 0.3 is 0 Å². The van der Waals surface area contributed by atoms with Crippen molar-refractivity contribution >= 4 is 10.9 Å². The SMILES string of the molecule is CCn1c(=O)c(CCNC)cc2ccccc21. The Labute approximate surface area is 101 Å². The summed E-state index contributed by atoms with van der Waals surface area (Å²) in [6.07, 6.45) is 0.778. The van der Waals surface area contributed by atoms with Crippen molar-refractivity contribution in [2.75, 3.05) is 13.6 Å². The van der Waals surface area contributed by atoms with Gasteiger partial charge < -0.3 is 9.88 Å². The molecule has 2 rings (SSSR count). The van der Waals surface area contributed by atoms with Crippen LogP contribution in [0.1, 0.15) is 12.5 Å². The highest BCUT2D eigenvalue weighted by Crippen LogP contribution is 2.13. The third-order valence-electron chi connectivity index (χ3n) is 3.04. The fraction of sp³-hybridized carbons (Fsp3) is 0.357. The normalized spacial score (nSPS) is 10.9. The van der Waals surface area contributed by atoms with E-state index in [0.717, 1.165) is 29.4 Å². The van der Waals surface area contributed by atoms with Crippen LogP contribution in [0.3, 0.4) is 0 Å². The largest absolute Gasteiger partial charge is 0.319 e. The van der Waals surface area contributed by atoms with Crippen molar-refractivity contribution in [1.29, 1.82) is 0 Å². The van der Waals surface area contributed by atoms with Gasteiger partial charge in [-0.1, -0.05) is 18.2 Å². The third-order valence-corrected chi connectivity index (χ3v) is 3.04. The van der Waals surface area contributed by atoms with Gasteiger partial charge in [0.2, 0.25) is 0 Å². The molecule has 0 saturated heterocycles. The van der Waals surface area contributed by atoms with E-state index in [4.69, 9.17) is 0 Å². The molecule has 17 heavy (non-hydrogen) atoms. The van der Waals surface area contributed by atoms with Crippen LogP contribution >= 0.6 is 0 Å². The minimum Gasteiger partial charge on any atom is -0.319 e. The van der Waals surface area contributed by atoms with E-state index in [2.05, 4.69) is 11.4 Å². The van der Waals surface area contributed by atoms with Crippen molar-refractivity contribution in [3.8, 4) is 0 Å². The van der Waals surface area contributed by atoms with E-state index in [1.807, 2.05) is 42.8 Å². The van der Waals surface area contributed by atoms with Gasteiger partial charge in [0.1, 0.15) is 0 Å². The highest BCUT2D eigenvalue weighted by molar-refractivity contribution is 5.79. The van der Waals surface area contributed by atoms with E-state index in [0.29, 0.717) is 6.54 Å². The summed E-state index contributed by atoms with van der Waals surface area (Å²) < 4.78 is 1.85. The number of likely N-dealkylation sites (N-methyl/N-ethyl adjacent to an activating group) is 1. The summed E-state index contributed by atoms with van der Waals surface area (Å²) >= 11 is 0. The molecule has 0 aliphatic carbocycles. The molecule has 0 bridgehead atoms. The first-order valence-electron chi connectivity index (χ1n) is 6.04. The van der Waals surface area contributed by atoms with Crippen LogP contribution in [0.25, 0.3) is 10.9 Å². The van der Waals surface area contributed by atoms with Gasteiger partial charge in [-0.3, -0.25) is 4.79 Å². The number of hydrogen-bond donors (Lipinski definition) is 1. The molecule has 0 saturated carbocycles. The molecular formula is C14H18N2O. The number of nitrogens with one attached hydrogen (secondary N) is 1. The maximum absolute atomic E-state index is 12.3. The van der Waals surface area contributed by atoms with Gasteiger partial charge in [0, 0.05) is 12.1 Å². The number of pyridine rings is 1. The molecule has 0 atom stereocenters. The topological polar surface area (TPSA) is 34.0 Å². The van der Waals surface area contributed by atoms with E-state index in [1.54, 1.807) is 0 Å². The molecule has 0 fully saturated rings. The molecule has 1 N–H and O–H groups in total. The predicted octanol–water partition coefficient (Wildman–Crippen LogP) is 1.78. The Bertz CT molecular complexity index is 572. The Morgan fingerprint density at radius 3 is 2.76 bits per heavy atom. The Morgan fingerprint density at radius 2 is 2.06 bits per heavy atom. The lowest BCUT2D eigenvalue weighted by Crippen LogP contribution is -2.25. The lowest BCUT2D eigenvalue weighted by molar-refractivity contribution is 0.728. The number of rotatable bonds is 4. The van der Waals surface area contributed by atoms with Crippen molar-refractivity contribution in [1.82, 2.24) is 9.88 Å². The van der Waals surface area contributed by atoms with E-state index < -0.39 is 0 Å². The Morgan fingerprint density at radius 1 is 1.29 bits per heavy atom. The fourth-order valence-electron chi connectivity index (χ4n) is 2.14. The molecule has 1 aromatic heterocycles. The van der Waals surface area contributed by atoms with Gasteiger partial charge in [0.25, 0.3) is 5.56 Å². The second-order valence-electron chi connectivity index (χ2n) is 4.13. The lowest BCUT2D eigenvalue weighted by atomic mass is 10.1. The van der Waals surface area contributed by atoms with Crippen LogP contribution in [-0.2, 0) is 13.0 Å². The van der Waals surface area contributed by atoms with Crippen molar-refractivity contribution in [2.45, 2.75) is 19.9 Å². The first-order chi connectivity index (χ1) is 8.27. The molecule has 2 aromatic rings. The number of para-hydroxylation sites is 1. The van der Waals surface area contributed by atoms with Crippen LogP contribution in [0.15, 0.2) is 35.1 Å². The molecule has 1 heterocycles. The summed E-state index contributed by atoms with van der Waals surface area (Å²) in [5, 5.41) is 4.22. The first kappa shape index (κ1) is 11.9. The summed E-state index contributed by atoms with van der Waals surface area (Å²) in [6, 6.07) is 10.1. The molecule has 0 radical (unpaired) electrons. The summed E-state index contributed by atoms with van der Waals surface area (Å²) in [4.78, 5) is 12.3. The molecule has 90 valence electrons. The van der Waals surface area contributed by atoms with Crippen molar-refractivity contribution in [3.05, 3.63) is 46.2 Å². The van der Waals surface area contributed by atoms with Crippen LogP contribution in [0, 0.1) is 0 Å². The number of aromatic nitrogens is 1. The minimum absolute atomic E-state index is 0.140. The second kappa shape index (κ2) is 5.15. The van der Waals surface area contributed by atoms with E-state index in [-0.39, 0.29) is 5.56 Å². The molecule has 3 nitrogen and oxygen atoms in total. The van der Waals surface area contributed by atoms with Crippen molar-refractivity contribution in [3.63, 3.8) is 0 Å². The molecule has 0 amide bonds. The highest BCUT2D eigenvalue weighted by atomic mass is 16.1. The van der Waals surface area contributed by atoms with Gasteiger partial charge in [0.05, 0.1) is 5.52 Å². The van der Waals surface area contributed by atoms with Crippen LogP contribution in [0.5, 0.6) is 0 Å². The summed E-state index contributed by atoms with van der Waals surface area (Å²) in [5.41, 5.74) is 2.05. The number of hydrogen-bond acceptors (Lipinski definition) is 2. The van der Waals surface area contributed by atoms with Crippen LogP contribution in [-0.4, -0.2) is 18.2 Å². The molecule has 3 heteroatoms.